The van der Waals surface area contributed by atoms with E-state index in [1.807, 2.05) is 32.0 Å². The van der Waals surface area contributed by atoms with Crippen LogP contribution in [0.1, 0.15) is 32.3 Å². The molecule has 2 N–H and O–H groups in total. The zero-order valence-corrected chi connectivity index (χ0v) is 17.4. The number of hydrogen-bond donors (Lipinski definition) is 2. The van der Waals surface area contributed by atoms with Gasteiger partial charge in [-0.05, 0) is 48.7 Å². The minimum absolute atomic E-state index is 0.140. The van der Waals surface area contributed by atoms with Crippen molar-refractivity contribution in [2.75, 3.05) is 31.6 Å². The Bertz CT molecular complexity index is 815. The normalized spacial score (nSPS) is 15.1. The number of nitrogens with zero attached hydrogens (tertiary/aromatic N) is 1. The van der Waals surface area contributed by atoms with Crippen molar-refractivity contribution < 1.29 is 13.9 Å². The number of benzene rings is 2. The standard InChI is InChI=1S/C23H30FN3O2/c1-23(2,20-6-4-5-7-21(20)24)16-25-22(28)26-17-12-14-27(15-13-17)18-8-10-19(29-3)11-9-18/h4-11,17H,12-16H2,1-3H3,(H2,25,26,28). The first kappa shape index (κ1) is 21.0. The number of rotatable bonds is 6. The monoisotopic (exact) mass is 399 g/mol. The van der Waals surface area contributed by atoms with Crippen molar-refractivity contribution in [2.24, 2.45) is 0 Å². The predicted octanol–water partition coefficient (Wildman–Crippen LogP) is 4.08. The molecule has 0 spiro atoms. The summed E-state index contributed by atoms with van der Waals surface area (Å²) in [6, 6.07) is 14.7. The number of piperidine rings is 1. The van der Waals surface area contributed by atoms with Crippen LogP contribution in [-0.2, 0) is 5.41 Å². The Morgan fingerprint density at radius 1 is 1.14 bits per heavy atom. The number of halogens is 1. The number of methoxy groups -OCH3 is 1. The fraction of sp³-hybridized carbons (Fsp3) is 0.435. The molecule has 6 heteroatoms. The van der Waals surface area contributed by atoms with Gasteiger partial charge in [-0.2, -0.15) is 0 Å². The molecule has 0 saturated carbocycles. The van der Waals surface area contributed by atoms with Gasteiger partial charge < -0.3 is 20.3 Å². The molecule has 1 saturated heterocycles. The van der Waals surface area contributed by atoms with Crippen LogP contribution in [0.4, 0.5) is 14.9 Å². The molecule has 3 rings (SSSR count). The van der Waals surface area contributed by atoms with Gasteiger partial charge >= 0.3 is 6.03 Å². The fourth-order valence-electron chi connectivity index (χ4n) is 3.72. The van der Waals surface area contributed by atoms with Crippen LogP contribution in [0.2, 0.25) is 0 Å². The quantitative estimate of drug-likeness (QED) is 0.770. The van der Waals surface area contributed by atoms with Crippen LogP contribution >= 0.6 is 0 Å². The molecule has 1 heterocycles. The molecule has 0 unspecified atom stereocenters. The first-order chi connectivity index (χ1) is 13.9. The average molecular weight is 400 g/mol. The topological polar surface area (TPSA) is 53.6 Å². The highest BCUT2D eigenvalue weighted by Gasteiger charge is 2.26. The van der Waals surface area contributed by atoms with Gasteiger partial charge in [-0.25, -0.2) is 9.18 Å². The molecule has 2 aromatic carbocycles. The largest absolute Gasteiger partial charge is 0.497 e. The molecule has 2 amide bonds. The zero-order chi connectivity index (χ0) is 20.9. The van der Waals surface area contributed by atoms with Crippen LogP contribution in [0.25, 0.3) is 0 Å². The number of carbonyl (C=O) groups is 1. The SMILES string of the molecule is COc1ccc(N2CCC(NC(=O)NCC(C)(C)c3ccccc3F)CC2)cc1. The van der Waals surface area contributed by atoms with Gasteiger partial charge in [0.05, 0.1) is 7.11 Å². The lowest BCUT2D eigenvalue weighted by atomic mass is 9.84. The third-order valence-corrected chi connectivity index (χ3v) is 5.56. The van der Waals surface area contributed by atoms with Crippen molar-refractivity contribution in [2.45, 2.75) is 38.1 Å². The molecule has 29 heavy (non-hydrogen) atoms. The Morgan fingerprint density at radius 3 is 2.41 bits per heavy atom. The van der Waals surface area contributed by atoms with Crippen LogP contribution in [0.5, 0.6) is 5.75 Å². The summed E-state index contributed by atoms with van der Waals surface area (Å²) in [5.74, 6) is 0.603. The molecule has 156 valence electrons. The van der Waals surface area contributed by atoms with Crippen LogP contribution in [0.3, 0.4) is 0 Å². The van der Waals surface area contributed by atoms with E-state index in [1.165, 1.54) is 11.8 Å². The molecule has 1 aliphatic heterocycles. The number of ether oxygens (including phenoxy) is 1. The number of carbonyl (C=O) groups excluding carboxylic acids is 1. The molecule has 0 aliphatic carbocycles. The van der Waals surface area contributed by atoms with Crippen LogP contribution in [-0.4, -0.2) is 38.8 Å². The Labute approximate surface area is 172 Å². The third kappa shape index (κ3) is 5.40. The first-order valence-electron chi connectivity index (χ1n) is 10.1. The molecular formula is C23H30FN3O2. The van der Waals surface area contributed by atoms with Gasteiger partial charge in [-0.1, -0.05) is 32.0 Å². The fourth-order valence-corrected chi connectivity index (χ4v) is 3.72. The predicted molar refractivity (Wildman–Crippen MR) is 114 cm³/mol. The van der Waals surface area contributed by atoms with Gasteiger partial charge in [-0.3, -0.25) is 0 Å². The number of amides is 2. The molecule has 1 aliphatic rings. The minimum atomic E-state index is -0.486. The van der Waals surface area contributed by atoms with Crippen molar-refractivity contribution in [1.82, 2.24) is 10.6 Å². The van der Waals surface area contributed by atoms with Gasteiger partial charge in [0.15, 0.2) is 0 Å². The second kappa shape index (κ2) is 9.16. The molecule has 0 aromatic heterocycles. The van der Waals surface area contributed by atoms with Crippen LogP contribution in [0, 0.1) is 5.82 Å². The number of hydrogen-bond acceptors (Lipinski definition) is 3. The summed E-state index contributed by atoms with van der Waals surface area (Å²) in [5, 5.41) is 5.96. The number of urea groups is 1. The van der Waals surface area contributed by atoms with Gasteiger partial charge in [-0.15, -0.1) is 0 Å². The maximum Gasteiger partial charge on any atom is 0.315 e. The summed E-state index contributed by atoms with van der Waals surface area (Å²) in [5.41, 5.74) is 1.29. The molecule has 0 atom stereocenters. The van der Waals surface area contributed by atoms with Gasteiger partial charge in [0.2, 0.25) is 0 Å². The van der Waals surface area contributed by atoms with E-state index in [2.05, 4.69) is 27.7 Å². The summed E-state index contributed by atoms with van der Waals surface area (Å²) in [7, 11) is 1.66. The second-order valence-corrected chi connectivity index (χ2v) is 8.15. The number of anilines is 1. The van der Waals surface area contributed by atoms with Gasteiger partial charge in [0.1, 0.15) is 11.6 Å². The molecule has 1 fully saturated rings. The van der Waals surface area contributed by atoms with Gasteiger partial charge in [0.25, 0.3) is 0 Å². The van der Waals surface area contributed by atoms with E-state index in [4.69, 9.17) is 4.74 Å². The Balaban J connectivity index is 1.45. The summed E-state index contributed by atoms with van der Waals surface area (Å²) < 4.78 is 19.3. The smallest absolute Gasteiger partial charge is 0.315 e. The summed E-state index contributed by atoms with van der Waals surface area (Å²) >= 11 is 0. The van der Waals surface area contributed by atoms with Crippen molar-refractivity contribution in [3.8, 4) is 5.75 Å². The highest BCUT2D eigenvalue weighted by molar-refractivity contribution is 5.74. The van der Waals surface area contributed by atoms with E-state index in [1.54, 1.807) is 19.2 Å². The van der Waals surface area contributed by atoms with Crippen molar-refractivity contribution in [3.63, 3.8) is 0 Å². The minimum Gasteiger partial charge on any atom is -0.497 e. The molecule has 2 aromatic rings. The first-order valence-corrected chi connectivity index (χ1v) is 10.1. The maximum absolute atomic E-state index is 14.1. The van der Waals surface area contributed by atoms with E-state index in [0.29, 0.717) is 12.1 Å². The lowest BCUT2D eigenvalue weighted by molar-refractivity contribution is 0.231. The maximum atomic E-state index is 14.1. The Hall–Kier alpha value is -2.76. The van der Waals surface area contributed by atoms with Gasteiger partial charge in [0, 0.05) is 36.8 Å². The van der Waals surface area contributed by atoms with E-state index in [-0.39, 0.29) is 17.9 Å². The summed E-state index contributed by atoms with van der Waals surface area (Å²) in [4.78, 5) is 14.7. The van der Waals surface area contributed by atoms with Crippen LogP contribution in [0.15, 0.2) is 48.5 Å². The molecule has 0 bridgehead atoms. The van der Waals surface area contributed by atoms with Crippen molar-refractivity contribution >= 4 is 11.7 Å². The van der Waals surface area contributed by atoms with E-state index < -0.39 is 5.41 Å². The molecular weight excluding hydrogens is 369 g/mol. The lowest BCUT2D eigenvalue weighted by Crippen LogP contribution is -2.49. The summed E-state index contributed by atoms with van der Waals surface area (Å²) in [6.45, 7) is 6.00. The highest BCUT2D eigenvalue weighted by Crippen LogP contribution is 2.25. The molecule has 5 nitrogen and oxygen atoms in total. The third-order valence-electron chi connectivity index (χ3n) is 5.56. The van der Waals surface area contributed by atoms with Crippen molar-refractivity contribution in [1.29, 1.82) is 0 Å². The number of nitrogens with one attached hydrogen (secondary N) is 2. The second-order valence-electron chi connectivity index (χ2n) is 8.15. The van der Waals surface area contributed by atoms with E-state index in [9.17, 15) is 9.18 Å². The van der Waals surface area contributed by atoms with E-state index in [0.717, 1.165) is 31.7 Å². The lowest BCUT2D eigenvalue weighted by Gasteiger charge is -2.34. The average Bonchev–Trinajstić information content (AvgIpc) is 2.73. The summed E-state index contributed by atoms with van der Waals surface area (Å²) in [6.07, 6.45) is 1.77. The zero-order valence-electron chi connectivity index (χ0n) is 17.4. The highest BCUT2D eigenvalue weighted by atomic mass is 19.1. The van der Waals surface area contributed by atoms with E-state index >= 15 is 0 Å². The Morgan fingerprint density at radius 2 is 1.79 bits per heavy atom. The Kier molecular flexibility index (Phi) is 6.62. The molecule has 0 radical (unpaired) electrons. The van der Waals surface area contributed by atoms with Crippen LogP contribution < -0.4 is 20.3 Å². The van der Waals surface area contributed by atoms with Crippen molar-refractivity contribution in [3.05, 3.63) is 59.9 Å².